The third kappa shape index (κ3) is 4.26. The number of rotatable bonds is 6. The molecule has 0 aliphatic rings. The molecule has 21 heavy (non-hydrogen) atoms. The Hall–Kier alpha value is -1.95. The molecule has 0 spiro atoms. The Bertz CT molecular complexity index is 622. The second-order valence-corrected chi connectivity index (χ2v) is 4.71. The van der Waals surface area contributed by atoms with Crippen LogP contribution in [0.4, 0.5) is 0 Å². The molecular formula is C14H17ClN4O2. The molecule has 0 aliphatic carbocycles. The van der Waals surface area contributed by atoms with Crippen molar-refractivity contribution in [1.82, 2.24) is 19.9 Å². The standard InChI is InChI=1S/C14H17ClN4O2/c1-4-8-20-13-17-12(15)18-14(19-13)21-11-7-6-9(3)16-10(11)5-2/h6-7H,4-5,8H2,1-3H3. The largest absolute Gasteiger partial charge is 0.463 e. The number of aromatic nitrogens is 4. The summed E-state index contributed by atoms with van der Waals surface area (Å²) in [5, 5.41) is 0.0317. The fourth-order valence-corrected chi connectivity index (χ4v) is 1.81. The van der Waals surface area contributed by atoms with Gasteiger partial charge in [-0.1, -0.05) is 13.8 Å². The molecule has 0 unspecified atom stereocenters. The Balaban J connectivity index is 2.24. The van der Waals surface area contributed by atoms with Crippen molar-refractivity contribution in [2.75, 3.05) is 6.61 Å². The monoisotopic (exact) mass is 308 g/mol. The number of ether oxygens (including phenoxy) is 2. The zero-order chi connectivity index (χ0) is 15.2. The summed E-state index contributed by atoms with van der Waals surface area (Å²) >= 11 is 5.86. The summed E-state index contributed by atoms with van der Waals surface area (Å²) in [4.78, 5) is 16.4. The Labute approximate surface area is 128 Å². The van der Waals surface area contributed by atoms with Gasteiger partial charge in [0.1, 0.15) is 0 Å². The number of aryl methyl sites for hydroxylation is 2. The lowest BCUT2D eigenvalue weighted by Crippen LogP contribution is -2.04. The average molecular weight is 309 g/mol. The van der Waals surface area contributed by atoms with Crippen molar-refractivity contribution >= 4 is 11.6 Å². The summed E-state index contributed by atoms with van der Waals surface area (Å²) in [6, 6.07) is 3.96. The van der Waals surface area contributed by atoms with Gasteiger partial charge < -0.3 is 9.47 Å². The van der Waals surface area contributed by atoms with Gasteiger partial charge in [-0.25, -0.2) is 0 Å². The number of nitrogens with zero attached hydrogens (tertiary/aromatic N) is 4. The first-order valence-electron chi connectivity index (χ1n) is 6.81. The van der Waals surface area contributed by atoms with Gasteiger partial charge in [-0.05, 0) is 43.5 Å². The maximum Gasteiger partial charge on any atom is 0.329 e. The summed E-state index contributed by atoms with van der Waals surface area (Å²) in [5.41, 5.74) is 1.77. The third-order valence-electron chi connectivity index (χ3n) is 2.61. The predicted octanol–water partition coefficient (Wildman–Crippen LogP) is 3.37. The first kappa shape index (κ1) is 15.4. The van der Waals surface area contributed by atoms with Gasteiger partial charge in [0, 0.05) is 5.69 Å². The van der Waals surface area contributed by atoms with Gasteiger partial charge in [-0.3, -0.25) is 4.98 Å². The van der Waals surface area contributed by atoms with E-state index in [1.807, 2.05) is 32.9 Å². The molecule has 0 bridgehead atoms. The highest BCUT2D eigenvalue weighted by atomic mass is 35.5. The van der Waals surface area contributed by atoms with Crippen molar-refractivity contribution in [2.24, 2.45) is 0 Å². The summed E-state index contributed by atoms with van der Waals surface area (Å²) in [6.45, 7) is 6.43. The predicted molar refractivity (Wildman–Crippen MR) is 79.0 cm³/mol. The molecule has 0 saturated carbocycles. The third-order valence-corrected chi connectivity index (χ3v) is 2.78. The van der Waals surface area contributed by atoms with Crippen molar-refractivity contribution in [3.63, 3.8) is 0 Å². The molecule has 6 nitrogen and oxygen atoms in total. The van der Waals surface area contributed by atoms with Crippen LogP contribution in [-0.4, -0.2) is 26.5 Å². The van der Waals surface area contributed by atoms with Crippen molar-refractivity contribution < 1.29 is 9.47 Å². The second kappa shape index (κ2) is 7.17. The van der Waals surface area contributed by atoms with Gasteiger partial charge in [-0.2, -0.15) is 9.97 Å². The maximum absolute atomic E-state index is 5.86. The van der Waals surface area contributed by atoms with E-state index in [2.05, 4.69) is 19.9 Å². The summed E-state index contributed by atoms with van der Waals surface area (Å²) in [6.07, 6.45) is 1.59. The Morgan fingerprint density at radius 3 is 2.52 bits per heavy atom. The highest BCUT2D eigenvalue weighted by Gasteiger charge is 2.11. The fraction of sp³-hybridized carbons (Fsp3) is 0.429. The molecule has 2 heterocycles. The van der Waals surface area contributed by atoms with Crippen LogP contribution >= 0.6 is 11.6 Å². The topological polar surface area (TPSA) is 70.0 Å². The molecule has 0 atom stereocenters. The van der Waals surface area contributed by atoms with Crippen LogP contribution in [0.15, 0.2) is 12.1 Å². The lowest BCUT2D eigenvalue weighted by molar-refractivity contribution is 0.284. The van der Waals surface area contributed by atoms with Crippen molar-refractivity contribution in [3.05, 3.63) is 28.8 Å². The Kier molecular flexibility index (Phi) is 5.27. The van der Waals surface area contributed by atoms with Crippen LogP contribution in [-0.2, 0) is 6.42 Å². The first-order chi connectivity index (χ1) is 10.1. The van der Waals surface area contributed by atoms with E-state index in [0.717, 1.165) is 24.2 Å². The molecule has 2 aromatic rings. The van der Waals surface area contributed by atoms with E-state index in [9.17, 15) is 0 Å². The molecular weight excluding hydrogens is 292 g/mol. The number of halogens is 1. The lowest BCUT2D eigenvalue weighted by Gasteiger charge is -2.09. The van der Waals surface area contributed by atoms with E-state index >= 15 is 0 Å². The van der Waals surface area contributed by atoms with Crippen LogP contribution in [0.5, 0.6) is 17.8 Å². The number of hydrogen-bond acceptors (Lipinski definition) is 6. The minimum Gasteiger partial charge on any atom is -0.463 e. The quantitative estimate of drug-likeness (QED) is 0.815. The van der Waals surface area contributed by atoms with E-state index in [1.165, 1.54) is 0 Å². The summed E-state index contributed by atoms with van der Waals surface area (Å²) < 4.78 is 11.0. The zero-order valence-corrected chi connectivity index (χ0v) is 13.0. The van der Waals surface area contributed by atoms with Crippen LogP contribution in [0.1, 0.15) is 31.7 Å². The van der Waals surface area contributed by atoms with E-state index in [0.29, 0.717) is 12.4 Å². The fourth-order valence-electron chi connectivity index (χ4n) is 1.66. The maximum atomic E-state index is 5.86. The molecule has 0 fully saturated rings. The van der Waals surface area contributed by atoms with E-state index < -0.39 is 0 Å². The lowest BCUT2D eigenvalue weighted by atomic mass is 10.2. The minimum atomic E-state index is 0.0317. The molecule has 2 rings (SSSR count). The molecule has 0 N–H and O–H groups in total. The number of pyridine rings is 1. The minimum absolute atomic E-state index is 0.0317. The van der Waals surface area contributed by atoms with Crippen LogP contribution in [0.25, 0.3) is 0 Å². The van der Waals surface area contributed by atoms with Crippen molar-refractivity contribution in [2.45, 2.75) is 33.6 Å². The smallest absolute Gasteiger partial charge is 0.329 e. The number of hydrogen-bond donors (Lipinski definition) is 0. The molecule has 0 saturated heterocycles. The van der Waals surface area contributed by atoms with Crippen LogP contribution in [0.2, 0.25) is 5.28 Å². The average Bonchev–Trinajstić information content (AvgIpc) is 2.46. The van der Waals surface area contributed by atoms with Gasteiger partial charge in [0.15, 0.2) is 5.75 Å². The van der Waals surface area contributed by atoms with Crippen LogP contribution < -0.4 is 9.47 Å². The molecule has 0 aromatic carbocycles. The molecule has 0 radical (unpaired) electrons. The van der Waals surface area contributed by atoms with Crippen LogP contribution in [0, 0.1) is 6.92 Å². The van der Waals surface area contributed by atoms with E-state index in [1.54, 1.807) is 0 Å². The highest BCUT2D eigenvalue weighted by molar-refractivity contribution is 6.28. The molecule has 0 amide bonds. The SMILES string of the molecule is CCCOc1nc(Cl)nc(Oc2ccc(C)nc2CC)n1. The summed E-state index contributed by atoms with van der Waals surface area (Å²) in [7, 11) is 0. The van der Waals surface area contributed by atoms with Gasteiger partial charge in [0.25, 0.3) is 0 Å². The second-order valence-electron chi connectivity index (χ2n) is 4.37. The Morgan fingerprint density at radius 2 is 1.81 bits per heavy atom. The van der Waals surface area contributed by atoms with Crippen LogP contribution in [0.3, 0.4) is 0 Å². The van der Waals surface area contributed by atoms with Crippen molar-refractivity contribution in [1.29, 1.82) is 0 Å². The van der Waals surface area contributed by atoms with Gasteiger partial charge >= 0.3 is 12.0 Å². The highest BCUT2D eigenvalue weighted by Crippen LogP contribution is 2.24. The van der Waals surface area contributed by atoms with Gasteiger partial charge in [-0.15, -0.1) is 4.98 Å². The molecule has 112 valence electrons. The molecule has 0 aliphatic heterocycles. The molecule has 2 aromatic heterocycles. The van der Waals surface area contributed by atoms with Gasteiger partial charge in [0.05, 0.1) is 12.3 Å². The molecule has 7 heteroatoms. The van der Waals surface area contributed by atoms with E-state index in [-0.39, 0.29) is 17.3 Å². The van der Waals surface area contributed by atoms with E-state index in [4.69, 9.17) is 21.1 Å². The van der Waals surface area contributed by atoms with Crippen molar-refractivity contribution in [3.8, 4) is 17.8 Å². The summed E-state index contributed by atoms with van der Waals surface area (Å²) in [5.74, 6) is 0.604. The Morgan fingerprint density at radius 1 is 1.05 bits per heavy atom. The zero-order valence-electron chi connectivity index (χ0n) is 12.3. The first-order valence-corrected chi connectivity index (χ1v) is 7.19. The normalized spacial score (nSPS) is 10.5. The van der Waals surface area contributed by atoms with Gasteiger partial charge in [0.2, 0.25) is 5.28 Å².